The first-order valence-corrected chi connectivity index (χ1v) is 7.40. The van der Waals surface area contributed by atoms with E-state index in [0.717, 1.165) is 45.8 Å². The van der Waals surface area contributed by atoms with Crippen LogP contribution in [0, 0.1) is 0 Å². The Morgan fingerprint density at radius 1 is 1.44 bits per heavy atom. The van der Waals surface area contributed by atoms with E-state index in [-0.39, 0.29) is 5.91 Å². The van der Waals surface area contributed by atoms with Crippen molar-refractivity contribution < 1.29 is 14.4 Å². The number of quaternary nitrogens is 1. The first-order chi connectivity index (χ1) is 8.75. The Hall–Kier alpha value is -0.620. The standard InChI is InChI=1S/C12H17ClN2O2S/c13-11-3-2-10(18-11)12(16)14-4-1-5-15-6-8-17-9-7-15/h2-3H,1,4-9H2,(H,14,16)/p+1. The van der Waals surface area contributed by atoms with Crippen molar-refractivity contribution in [1.82, 2.24) is 5.32 Å². The van der Waals surface area contributed by atoms with Crippen LogP contribution in [0.15, 0.2) is 12.1 Å². The molecular formula is C12H18ClN2O2S+. The van der Waals surface area contributed by atoms with E-state index in [2.05, 4.69) is 5.32 Å². The second-order valence-corrected chi connectivity index (χ2v) is 6.04. The average Bonchev–Trinajstić information content (AvgIpc) is 2.82. The number of amides is 1. The van der Waals surface area contributed by atoms with Crippen LogP contribution < -0.4 is 10.2 Å². The summed E-state index contributed by atoms with van der Waals surface area (Å²) in [6, 6.07) is 3.51. The third-order valence-electron chi connectivity index (χ3n) is 2.99. The highest BCUT2D eigenvalue weighted by atomic mass is 35.5. The fraction of sp³-hybridized carbons (Fsp3) is 0.583. The van der Waals surface area contributed by atoms with Crippen LogP contribution in [0.1, 0.15) is 16.1 Å². The van der Waals surface area contributed by atoms with E-state index >= 15 is 0 Å². The molecule has 1 aliphatic rings. The molecule has 1 aliphatic heterocycles. The van der Waals surface area contributed by atoms with Crippen molar-refractivity contribution in [2.75, 3.05) is 39.4 Å². The molecule has 2 heterocycles. The van der Waals surface area contributed by atoms with Crippen LogP contribution in [-0.4, -0.2) is 45.3 Å². The van der Waals surface area contributed by atoms with Gasteiger partial charge in [0.2, 0.25) is 0 Å². The van der Waals surface area contributed by atoms with Gasteiger partial charge in [0.05, 0.1) is 29.0 Å². The lowest BCUT2D eigenvalue weighted by Gasteiger charge is -2.23. The number of hydrogen-bond donors (Lipinski definition) is 2. The third-order valence-corrected chi connectivity index (χ3v) is 4.22. The Labute approximate surface area is 116 Å². The summed E-state index contributed by atoms with van der Waals surface area (Å²) in [7, 11) is 0. The highest BCUT2D eigenvalue weighted by Gasteiger charge is 2.13. The van der Waals surface area contributed by atoms with Gasteiger partial charge in [-0.1, -0.05) is 11.6 Å². The molecule has 0 aromatic carbocycles. The molecule has 100 valence electrons. The predicted octanol–water partition coefficient (Wildman–Crippen LogP) is 0.437. The molecule has 0 bridgehead atoms. The van der Waals surface area contributed by atoms with Crippen LogP contribution >= 0.6 is 22.9 Å². The van der Waals surface area contributed by atoms with Crippen molar-refractivity contribution in [3.05, 3.63) is 21.3 Å². The highest BCUT2D eigenvalue weighted by Crippen LogP contribution is 2.20. The number of ether oxygens (including phenoxy) is 1. The fourth-order valence-corrected chi connectivity index (χ4v) is 2.93. The lowest BCUT2D eigenvalue weighted by atomic mass is 10.3. The quantitative estimate of drug-likeness (QED) is 0.773. The number of carbonyl (C=O) groups is 1. The molecule has 1 saturated heterocycles. The van der Waals surface area contributed by atoms with Gasteiger partial charge >= 0.3 is 0 Å². The summed E-state index contributed by atoms with van der Waals surface area (Å²) in [6.45, 7) is 5.68. The molecule has 18 heavy (non-hydrogen) atoms. The summed E-state index contributed by atoms with van der Waals surface area (Å²) in [5.74, 6) is -0.0242. The van der Waals surface area contributed by atoms with Gasteiger partial charge < -0.3 is 15.0 Å². The molecule has 1 amide bonds. The lowest BCUT2D eigenvalue weighted by molar-refractivity contribution is -0.908. The minimum atomic E-state index is -0.0242. The molecule has 0 unspecified atom stereocenters. The average molecular weight is 290 g/mol. The third kappa shape index (κ3) is 4.24. The van der Waals surface area contributed by atoms with Crippen molar-refractivity contribution in [2.24, 2.45) is 0 Å². The van der Waals surface area contributed by atoms with Crippen LogP contribution in [0.5, 0.6) is 0 Å². The molecular weight excluding hydrogens is 272 g/mol. The van der Waals surface area contributed by atoms with Crippen LogP contribution in [0.3, 0.4) is 0 Å². The molecule has 0 atom stereocenters. The lowest BCUT2D eigenvalue weighted by Crippen LogP contribution is -3.14. The normalized spacial score (nSPS) is 16.7. The molecule has 0 saturated carbocycles. The summed E-state index contributed by atoms with van der Waals surface area (Å²) in [5.41, 5.74) is 0. The van der Waals surface area contributed by atoms with E-state index in [9.17, 15) is 4.79 Å². The summed E-state index contributed by atoms with van der Waals surface area (Å²) < 4.78 is 5.95. The minimum Gasteiger partial charge on any atom is -0.370 e. The fourth-order valence-electron chi connectivity index (χ4n) is 1.97. The maximum atomic E-state index is 11.7. The van der Waals surface area contributed by atoms with Gasteiger partial charge in [0, 0.05) is 13.0 Å². The molecule has 1 aromatic rings. The summed E-state index contributed by atoms with van der Waals surface area (Å²) in [4.78, 5) is 14.0. The molecule has 1 aromatic heterocycles. The van der Waals surface area contributed by atoms with Gasteiger partial charge in [-0.15, -0.1) is 11.3 Å². The molecule has 2 rings (SSSR count). The number of morpholine rings is 1. The summed E-state index contributed by atoms with van der Waals surface area (Å²) >= 11 is 7.10. The van der Waals surface area contributed by atoms with Gasteiger partial charge in [-0.05, 0) is 12.1 Å². The van der Waals surface area contributed by atoms with Crippen molar-refractivity contribution >= 4 is 28.8 Å². The van der Waals surface area contributed by atoms with E-state index in [1.54, 1.807) is 17.0 Å². The van der Waals surface area contributed by atoms with Crippen LogP contribution in [0.2, 0.25) is 4.34 Å². The van der Waals surface area contributed by atoms with Gasteiger partial charge in [0.25, 0.3) is 5.91 Å². The number of rotatable bonds is 5. The number of halogens is 1. The van der Waals surface area contributed by atoms with Gasteiger partial charge in [-0.25, -0.2) is 0 Å². The van der Waals surface area contributed by atoms with Gasteiger partial charge in [0.1, 0.15) is 13.1 Å². The van der Waals surface area contributed by atoms with E-state index in [4.69, 9.17) is 16.3 Å². The molecule has 1 fully saturated rings. The molecule has 0 spiro atoms. The van der Waals surface area contributed by atoms with Crippen LogP contribution in [0.4, 0.5) is 0 Å². The maximum Gasteiger partial charge on any atom is 0.261 e. The van der Waals surface area contributed by atoms with Crippen molar-refractivity contribution in [1.29, 1.82) is 0 Å². The Morgan fingerprint density at radius 3 is 2.89 bits per heavy atom. The van der Waals surface area contributed by atoms with Gasteiger partial charge in [0.15, 0.2) is 0 Å². The van der Waals surface area contributed by atoms with Crippen molar-refractivity contribution in [3.8, 4) is 0 Å². The summed E-state index contributed by atoms with van der Waals surface area (Å²) in [6.07, 6.45) is 1.00. The molecule has 0 radical (unpaired) electrons. The first kappa shape index (κ1) is 13.8. The zero-order chi connectivity index (χ0) is 12.8. The van der Waals surface area contributed by atoms with Crippen LogP contribution in [-0.2, 0) is 4.74 Å². The Morgan fingerprint density at radius 2 is 2.22 bits per heavy atom. The minimum absolute atomic E-state index is 0.0242. The summed E-state index contributed by atoms with van der Waals surface area (Å²) in [5, 5.41) is 2.92. The van der Waals surface area contributed by atoms with Crippen LogP contribution in [0.25, 0.3) is 0 Å². The number of thiophene rings is 1. The second-order valence-electron chi connectivity index (χ2n) is 4.33. The number of hydrogen-bond acceptors (Lipinski definition) is 3. The number of nitrogens with one attached hydrogen (secondary N) is 2. The smallest absolute Gasteiger partial charge is 0.261 e. The van der Waals surface area contributed by atoms with E-state index in [1.807, 2.05) is 0 Å². The molecule has 4 nitrogen and oxygen atoms in total. The Balaban J connectivity index is 1.61. The maximum absolute atomic E-state index is 11.7. The second kappa shape index (κ2) is 7.09. The van der Waals surface area contributed by atoms with Crippen molar-refractivity contribution in [2.45, 2.75) is 6.42 Å². The molecule has 0 aliphatic carbocycles. The molecule has 6 heteroatoms. The van der Waals surface area contributed by atoms with Crippen molar-refractivity contribution in [3.63, 3.8) is 0 Å². The SMILES string of the molecule is O=C(NCCC[NH+]1CCOCC1)c1ccc(Cl)s1. The van der Waals surface area contributed by atoms with E-state index in [0.29, 0.717) is 9.21 Å². The zero-order valence-electron chi connectivity index (χ0n) is 10.2. The first-order valence-electron chi connectivity index (χ1n) is 6.20. The Bertz CT molecular complexity index is 391. The topological polar surface area (TPSA) is 42.8 Å². The number of carbonyl (C=O) groups excluding carboxylic acids is 1. The van der Waals surface area contributed by atoms with E-state index < -0.39 is 0 Å². The predicted molar refractivity (Wildman–Crippen MR) is 72.7 cm³/mol. The monoisotopic (exact) mass is 289 g/mol. The van der Waals surface area contributed by atoms with Gasteiger partial charge in [-0.3, -0.25) is 4.79 Å². The van der Waals surface area contributed by atoms with E-state index in [1.165, 1.54) is 11.3 Å². The largest absolute Gasteiger partial charge is 0.370 e. The zero-order valence-corrected chi connectivity index (χ0v) is 11.8. The van der Waals surface area contributed by atoms with Gasteiger partial charge in [-0.2, -0.15) is 0 Å². The highest BCUT2D eigenvalue weighted by molar-refractivity contribution is 7.17. The Kier molecular flexibility index (Phi) is 5.44. The molecule has 2 N–H and O–H groups in total.